The van der Waals surface area contributed by atoms with Crippen LogP contribution in [0.25, 0.3) is 0 Å². The van der Waals surface area contributed by atoms with Gasteiger partial charge in [0.05, 0.1) is 0 Å². The number of benzene rings is 1. The Kier molecular flexibility index (Phi) is 3.29. The standard InChI is InChI=1S/C10H14BrN/c1-3-10(12)8-5-4-7(2)9(11)6-8/h4-6,10H,3,12H2,1-2H3/t10-/m1/s1. The van der Waals surface area contributed by atoms with Crippen LogP contribution in [0.15, 0.2) is 22.7 Å². The van der Waals surface area contributed by atoms with E-state index in [1.807, 2.05) is 0 Å². The Bertz CT molecular complexity index is 271. The van der Waals surface area contributed by atoms with Crippen molar-refractivity contribution < 1.29 is 0 Å². The second-order valence-corrected chi connectivity index (χ2v) is 3.88. The molecule has 0 saturated carbocycles. The van der Waals surface area contributed by atoms with Gasteiger partial charge in [0, 0.05) is 10.5 Å². The average Bonchev–Trinajstić information content (AvgIpc) is 2.08. The molecular weight excluding hydrogens is 214 g/mol. The minimum atomic E-state index is 0.168. The van der Waals surface area contributed by atoms with Gasteiger partial charge in [-0.25, -0.2) is 0 Å². The molecule has 0 fully saturated rings. The van der Waals surface area contributed by atoms with Crippen LogP contribution in [0.2, 0.25) is 0 Å². The molecule has 12 heavy (non-hydrogen) atoms. The smallest absolute Gasteiger partial charge is 0.0292 e. The normalized spacial score (nSPS) is 13.0. The quantitative estimate of drug-likeness (QED) is 0.826. The van der Waals surface area contributed by atoms with E-state index >= 15 is 0 Å². The summed E-state index contributed by atoms with van der Waals surface area (Å²) in [5, 5.41) is 0. The van der Waals surface area contributed by atoms with Crippen molar-refractivity contribution in [3.8, 4) is 0 Å². The minimum absolute atomic E-state index is 0.168. The first-order valence-electron chi connectivity index (χ1n) is 4.16. The van der Waals surface area contributed by atoms with Gasteiger partial charge in [0.25, 0.3) is 0 Å². The first-order valence-corrected chi connectivity index (χ1v) is 4.96. The second kappa shape index (κ2) is 4.06. The van der Waals surface area contributed by atoms with Crippen LogP contribution in [0.1, 0.15) is 30.5 Å². The molecule has 0 saturated heterocycles. The summed E-state index contributed by atoms with van der Waals surface area (Å²) in [6.45, 7) is 4.17. The summed E-state index contributed by atoms with van der Waals surface area (Å²) in [6, 6.07) is 6.45. The van der Waals surface area contributed by atoms with Crippen LogP contribution >= 0.6 is 15.9 Å². The molecule has 0 spiro atoms. The van der Waals surface area contributed by atoms with Crippen molar-refractivity contribution in [3.63, 3.8) is 0 Å². The van der Waals surface area contributed by atoms with Gasteiger partial charge in [-0.2, -0.15) is 0 Å². The molecule has 0 radical (unpaired) electrons. The molecule has 0 bridgehead atoms. The van der Waals surface area contributed by atoms with Crippen molar-refractivity contribution >= 4 is 15.9 Å². The number of hydrogen-bond donors (Lipinski definition) is 1. The van der Waals surface area contributed by atoms with E-state index in [1.54, 1.807) is 0 Å². The lowest BCUT2D eigenvalue weighted by Crippen LogP contribution is -2.08. The Morgan fingerprint density at radius 1 is 1.50 bits per heavy atom. The van der Waals surface area contributed by atoms with Crippen LogP contribution in [0.4, 0.5) is 0 Å². The first-order chi connectivity index (χ1) is 5.65. The van der Waals surface area contributed by atoms with Crippen molar-refractivity contribution in [2.75, 3.05) is 0 Å². The number of halogens is 1. The lowest BCUT2D eigenvalue weighted by Gasteiger charge is -2.10. The molecule has 0 aliphatic rings. The molecule has 0 aliphatic carbocycles. The molecule has 0 unspecified atom stereocenters. The van der Waals surface area contributed by atoms with Crippen molar-refractivity contribution in [1.29, 1.82) is 0 Å². The predicted octanol–water partition coefficient (Wildman–Crippen LogP) is 3.17. The first kappa shape index (κ1) is 9.75. The second-order valence-electron chi connectivity index (χ2n) is 3.02. The van der Waals surface area contributed by atoms with E-state index in [-0.39, 0.29) is 6.04 Å². The highest BCUT2D eigenvalue weighted by Gasteiger charge is 2.03. The highest BCUT2D eigenvalue weighted by Crippen LogP contribution is 2.21. The summed E-state index contributed by atoms with van der Waals surface area (Å²) in [5.74, 6) is 0. The molecule has 0 aliphatic heterocycles. The zero-order valence-corrected chi connectivity index (χ0v) is 9.06. The van der Waals surface area contributed by atoms with Gasteiger partial charge in [0.2, 0.25) is 0 Å². The summed E-state index contributed by atoms with van der Waals surface area (Å²) in [6.07, 6.45) is 0.982. The van der Waals surface area contributed by atoms with E-state index in [0.717, 1.165) is 10.9 Å². The maximum absolute atomic E-state index is 5.89. The largest absolute Gasteiger partial charge is 0.324 e. The van der Waals surface area contributed by atoms with Gasteiger partial charge < -0.3 is 5.73 Å². The maximum atomic E-state index is 5.89. The SMILES string of the molecule is CC[C@@H](N)c1ccc(C)c(Br)c1. The highest BCUT2D eigenvalue weighted by atomic mass is 79.9. The molecule has 2 heteroatoms. The molecule has 1 aromatic rings. The Hall–Kier alpha value is -0.340. The third kappa shape index (κ3) is 2.08. The van der Waals surface area contributed by atoms with E-state index in [2.05, 4.69) is 48.0 Å². The van der Waals surface area contributed by atoms with Gasteiger partial charge in [0.15, 0.2) is 0 Å². The summed E-state index contributed by atoms with van der Waals surface area (Å²) in [7, 11) is 0. The van der Waals surface area contributed by atoms with Crippen molar-refractivity contribution in [2.24, 2.45) is 5.73 Å². The molecule has 1 aromatic carbocycles. The molecule has 1 nitrogen and oxygen atoms in total. The molecule has 0 amide bonds. The Balaban J connectivity index is 2.96. The fourth-order valence-electron chi connectivity index (χ4n) is 1.08. The summed E-state index contributed by atoms with van der Waals surface area (Å²) in [4.78, 5) is 0. The molecule has 2 N–H and O–H groups in total. The number of aryl methyl sites for hydroxylation is 1. The van der Waals surface area contributed by atoms with Crippen LogP contribution in [0.5, 0.6) is 0 Å². The van der Waals surface area contributed by atoms with Gasteiger partial charge in [-0.3, -0.25) is 0 Å². The maximum Gasteiger partial charge on any atom is 0.0292 e. The molecule has 1 rings (SSSR count). The van der Waals surface area contributed by atoms with Gasteiger partial charge >= 0.3 is 0 Å². The fourth-order valence-corrected chi connectivity index (χ4v) is 1.47. The third-order valence-electron chi connectivity index (χ3n) is 2.06. The third-order valence-corrected chi connectivity index (χ3v) is 2.92. The van der Waals surface area contributed by atoms with Crippen LogP contribution in [-0.2, 0) is 0 Å². The monoisotopic (exact) mass is 227 g/mol. The summed E-state index contributed by atoms with van der Waals surface area (Å²) < 4.78 is 1.14. The summed E-state index contributed by atoms with van der Waals surface area (Å²) >= 11 is 3.49. The van der Waals surface area contributed by atoms with Gasteiger partial charge in [-0.05, 0) is 30.5 Å². The molecule has 0 aromatic heterocycles. The predicted molar refractivity (Wildman–Crippen MR) is 56.1 cm³/mol. The van der Waals surface area contributed by atoms with E-state index in [9.17, 15) is 0 Å². The number of hydrogen-bond acceptors (Lipinski definition) is 1. The van der Waals surface area contributed by atoms with Gasteiger partial charge in [-0.15, -0.1) is 0 Å². The van der Waals surface area contributed by atoms with Gasteiger partial charge in [-0.1, -0.05) is 35.0 Å². The molecular formula is C10H14BrN. The van der Waals surface area contributed by atoms with Gasteiger partial charge in [0.1, 0.15) is 0 Å². The van der Waals surface area contributed by atoms with Crippen LogP contribution in [-0.4, -0.2) is 0 Å². The minimum Gasteiger partial charge on any atom is -0.324 e. The zero-order valence-electron chi connectivity index (χ0n) is 7.47. The van der Waals surface area contributed by atoms with Crippen molar-refractivity contribution in [2.45, 2.75) is 26.3 Å². The zero-order chi connectivity index (χ0) is 9.14. The topological polar surface area (TPSA) is 26.0 Å². The van der Waals surface area contributed by atoms with Crippen LogP contribution in [0, 0.1) is 6.92 Å². The highest BCUT2D eigenvalue weighted by molar-refractivity contribution is 9.10. The van der Waals surface area contributed by atoms with Crippen molar-refractivity contribution in [3.05, 3.63) is 33.8 Å². The van der Waals surface area contributed by atoms with E-state index in [4.69, 9.17) is 5.73 Å². The fraction of sp³-hybridized carbons (Fsp3) is 0.400. The van der Waals surface area contributed by atoms with Crippen LogP contribution in [0.3, 0.4) is 0 Å². The lowest BCUT2D eigenvalue weighted by molar-refractivity contribution is 0.698. The summed E-state index contributed by atoms with van der Waals surface area (Å²) in [5.41, 5.74) is 8.35. The van der Waals surface area contributed by atoms with Crippen LogP contribution < -0.4 is 5.73 Å². The van der Waals surface area contributed by atoms with Crippen molar-refractivity contribution in [1.82, 2.24) is 0 Å². The molecule has 0 heterocycles. The Morgan fingerprint density at radius 2 is 2.17 bits per heavy atom. The average molecular weight is 228 g/mol. The van der Waals surface area contributed by atoms with E-state index in [1.165, 1.54) is 11.1 Å². The molecule has 1 atom stereocenters. The number of nitrogens with two attached hydrogens (primary N) is 1. The Morgan fingerprint density at radius 3 is 2.67 bits per heavy atom. The molecule has 66 valence electrons. The van der Waals surface area contributed by atoms with E-state index < -0.39 is 0 Å². The van der Waals surface area contributed by atoms with E-state index in [0.29, 0.717) is 0 Å². The Labute approximate surface area is 82.1 Å². The lowest BCUT2D eigenvalue weighted by atomic mass is 10.0. The number of rotatable bonds is 2.